The summed E-state index contributed by atoms with van der Waals surface area (Å²) in [6.07, 6.45) is 3.65. The van der Waals surface area contributed by atoms with E-state index in [1.54, 1.807) is 13.3 Å². The van der Waals surface area contributed by atoms with Crippen molar-refractivity contribution in [3.63, 3.8) is 0 Å². The van der Waals surface area contributed by atoms with Crippen molar-refractivity contribution in [3.05, 3.63) is 90.8 Å². The van der Waals surface area contributed by atoms with Gasteiger partial charge in [-0.3, -0.25) is 4.98 Å². The van der Waals surface area contributed by atoms with E-state index in [-0.39, 0.29) is 0 Å². The van der Waals surface area contributed by atoms with Crippen LogP contribution in [0, 0.1) is 0 Å². The molecule has 0 spiro atoms. The Morgan fingerprint density at radius 2 is 1.68 bits per heavy atom. The molecule has 0 aliphatic rings. The zero-order valence-electron chi connectivity index (χ0n) is 12.5. The first-order chi connectivity index (χ1) is 10.8. The molecule has 2 heteroatoms. The number of hydrogen-bond donors (Lipinski definition) is 0. The summed E-state index contributed by atoms with van der Waals surface area (Å²) >= 11 is 0. The molecular formula is C20H17NO. The number of rotatable bonds is 4. The Balaban J connectivity index is 1.92. The van der Waals surface area contributed by atoms with Gasteiger partial charge < -0.3 is 4.74 Å². The van der Waals surface area contributed by atoms with Crippen LogP contribution in [0.1, 0.15) is 11.1 Å². The molecule has 0 amide bonds. The van der Waals surface area contributed by atoms with Crippen LogP contribution in [0.15, 0.2) is 79.6 Å². The maximum absolute atomic E-state index is 5.19. The summed E-state index contributed by atoms with van der Waals surface area (Å²) in [4.78, 5) is 4.18. The fourth-order valence-electron chi connectivity index (χ4n) is 2.38. The molecule has 108 valence electrons. The van der Waals surface area contributed by atoms with Crippen LogP contribution in [0.3, 0.4) is 0 Å². The topological polar surface area (TPSA) is 22.1 Å². The van der Waals surface area contributed by atoms with Crippen molar-refractivity contribution in [3.8, 4) is 16.9 Å². The summed E-state index contributed by atoms with van der Waals surface area (Å²) < 4.78 is 5.19. The van der Waals surface area contributed by atoms with Crippen molar-refractivity contribution in [1.82, 2.24) is 4.98 Å². The van der Waals surface area contributed by atoms with E-state index in [1.807, 2.05) is 42.6 Å². The van der Waals surface area contributed by atoms with Gasteiger partial charge in [0.1, 0.15) is 5.75 Å². The molecule has 0 fully saturated rings. The van der Waals surface area contributed by atoms with Crippen molar-refractivity contribution < 1.29 is 4.74 Å². The maximum atomic E-state index is 5.19. The molecule has 2 nitrogen and oxygen atoms in total. The number of hydrogen-bond acceptors (Lipinski definition) is 2. The van der Waals surface area contributed by atoms with E-state index in [0.717, 1.165) is 33.6 Å². The van der Waals surface area contributed by atoms with Crippen molar-refractivity contribution >= 4 is 5.57 Å². The molecular weight excluding hydrogens is 270 g/mol. The summed E-state index contributed by atoms with van der Waals surface area (Å²) in [5.41, 5.74) is 5.43. The smallest absolute Gasteiger partial charge is 0.118 e. The van der Waals surface area contributed by atoms with Crippen molar-refractivity contribution in [2.45, 2.75) is 0 Å². The van der Waals surface area contributed by atoms with Gasteiger partial charge in [0, 0.05) is 18.0 Å². The van der Waals surface area contributed by atoms with Gasteiger partial charge in [0.2, 0.25) is 0 Å². The first kappa shape index (κ1) is 14.1. The highest BCUT2D eigenvalue weighted by Crippen LogP contribution is 2.27. The van der Waals surface area contributed by atoms with E-state index in [1.165, 1.54) is 0 Å². The van der Waals surface area contributed by atoms with Crippen LogP contribution in [-0.4, -0.2) is 12.1 Å². The highest BCUT2D eigenvalue weighted by molar-refractivity contribution is 5.80. The van der Waals surface area contributed by atoms with Gasteiger partial charge in [0.25, 0.3) is 0 Å². The van der Waals surface area contributed by atoms with Crippen LogP contribution >= 0.6 is 0 Å². The van der Waals surface area contributed by atoms with E-state index >= 15 is 0 Å². The first-order valence-corrected chi connectivity index (χ1v) is 7.12. The Morgan fingerprint density at radius 3 is 2.36 bits per heavy atom. The number of methoxy groups -OCH3 is 1. The summed E-state index contributed by atoms with van der Waals surface area (Å²) in [5, 5.41) is 0. The number of pyridine rings is 1. The molecule has 0 saturated heterocycles. The lowest BCUT2D eigenvalue weighted by molar-refractivity contribution is 0.415. The first-order valence-electron chi connectivity index (χ1n) is 7.12. The summed E-state index contributed by atoms with van der Waals surface area (Å²) in [6, 6.07) is 20.3. The summed E-state index contributed by atoms with van der Waals surface area (Å²) in [5.74, 6) is 0.848. The lowest BCUT2D eigenvalue weighted by Crippen LogP contribution is -1.89. The standard InChI is InChI=1S/C20H17NO/c1-15(16-8-10-20(22-2)11-9-16)17-5-3-6-18(13-17)19-7-4-12-21-14-19/h3-14H,1H2,2H3. The zero-order chi connectivity index (χ0) is 15.4. The van der Waals surface area contributed by atoms with E-state index in [2.05, 4.69) is 35.8 Å². The zero-order valence-corrected chi connectivity index (χ0v) is 12.5. The Kier molecular flexibility index (Phi) is 4.01. The van der Waals surface area contributed by atoms with Crippen LogP contribution in [-0.2, 0) is 0 Å². The number of ether oxygens (including phenoxy) is 1. The average molecular weight is 287 g/mol. The molecule has 0 aliphatic carbocycles. The Labute approximate surface area is 130 Å². The molecule has 0 aliphatic heterocycles. The van der Waals surface area contributed by atoms with E-state index in [4.69, 9.17) is 4.74 Å². The molecule has 0 unspecified atom stereocenters. The van der Waals surface area contributed by atoms with Crippen molar-refractivity contribution in [1.29, 1.82) is 0 Å². The molecule has 2 aromatic carbocycles. The average Bonchev–Trinajstić information content (AvgIpc) is 2.62. The molecule has 1 aromatic heterocycles. The van der Waals surface area contributed by atoms with Crippen LogP contribution in [0.2, 0.25) is 0 Å². The second-order valence-corrected chi connectivity index (χ2v) is 5.03. The molecule has 0 atom stereocenters. The molecule has 0 saturated carbocycles. The van der Waals surface area contributed by atoms with Crippen LogP contribution in [0.5, 0.6) is 5.75 Å². The number of aromatic nitrogens is 1. The van der Waals surface area contributed by atoms with Crippen LogP contribution in [0.4, 0.5) is 0 Å². The van der Waals surface area contributed by atoms with Gasteiger partial charge in [0.15, 0.2) is 0 Å². The largest absolute Gasteiger partial charge is 0.497 e. The van der Waals surface area contributed by atoms with Crippen LogP contribution < -0.4 is 4.74 Å². The normalized spacial score (nSPS) is 10.2. The SMILES string of the molecule is C=C(c1ccc(OC)cc1)c1cccc(-c2cccnc2)c1. The van der Waals surface area contributed by atoms with Gasteiger partial charge in [-0.1, -0.05) is 43.0 Å². The summed E-state index contributed by atoms with van der Waals surface area (Å²) in [7, 11) is 1.67. The molecule has 3 aromatic rings. The van der Waals surface area contributed by atoms with E-state index in [9.17, 15) is 0 Å². The number of benzene rings is 2. The number of nitrogens with zero attached hydrogens (tertiary/aromatic N) is 1. The predicted octanol–water partition coefficient (Wildman–Crippen LogP) is 4.82. The monoisotopic (exact) mass is 287 g/mol. The Hall–Kier alpha value is -2.87. The predicted molar refractivity (Wildman–Crippen MR) is 90.8 cm³/mol. The molecule has 1 heterocycles. The summed E-state index contributed by atoms with van der Waals surface area (Å²) in [6.45, 7) is 4.23. The van der Waals surface area contributed by atoms with Crippen LogP contribution in [0.25, 0.3) is 16.7 Å². The third-order valence-electron chi connectivity index (χ3n) is 3.64. The molecule has 3 rings (SSSR count). The minimum absolute atomic E-state index is 0.848. The highest BCUT2D eigenvalue weighted by atomic mass is 16.5. The third-order valence-corrected chi connectivity index (χ3v) is 3.64. The maximum Gasteiger partial charge on any atom is 0.118 e. The molecule has 0 radical (unpaired) electrons. The fraction of sp³-hybridized carbons (Fsp3) is 0.0500. The Morgan fingerprint density at radius 1 is 0.909 bits per heavy atom. The van der Waals surface area contributed by atoms with Crippen molar-refractivity contribution in [2.24, 2.45) is 0 Å². The third kappa shape index (κ3) is 2.91. The quantitative estimate of drug-likeness (QED) is 0.686. The van der Waals surface area contributed by atoms with Gasteiger partial charge in [0.05, 0.1) is 7.11 Å². The van der Waals surface area contributed by atoms with Gasteiger partial charge in [-0.05, 0) is 46.5 Å². The van der Waals surface area contributed by atoms with Crippen molar-refractivity contribution in [2.75, 3.05) is 7.11 Å². The second-order valence-electron chi connectivity index (χ2n) is 5.03. The van der Waals surface area contributed by atoms with Gasteiger partial charge >= 0.3 is 0 Å². The highest BCUT2D eigenvalue weighted by Gasteiger charge is 2.05. The minimum Gasteiger partial charge on any atom is -0.497 e. The van der Waals surface area contributed by atoms with E-state index < -0.39 is 0 Å². The molecule has 0 N–H and O–H groups in total. The molecule has 22 heavy (non-hydrogen) atoms. The lowest BCUT2D eigenvalue weighted by Gasteiger charge is -2.09. The molecule has 0 bridgehead atoms. The van der Waals surface area contributed by atoms with E-state index in [0.29, 0.717) is 0 Å². The van der Waals surface area contributed by atoms with Gasteiger partial charge in [-0.15, -0.1) is 0 Å². The Bertz CT molecular complexity index is 776. The minimum atomic E-state index is 0.848. The lowest BCUT2D eigenvalue weighted by atomic mass is 9.96. The second kappa shape index (κ2) is 6.27. The fourth-order valence-corrected chi connectivity index (χ4v) is 2.38. The van der Waals surface area contributed by atoms with Gasteiger partial charge in [-0.2, -0.15) is 0 Å². The van der Waals surface area contributed by atoms with Gasteiger partial charge in [-0.25, -0.2) is 0 Å².